The average Bonchev–Trinajstić information content (AvgIpc) is 2.51. The van der Waals surface area contributed by atoms with Crippen molar-refractivity contribution in [3.05, 3.63) is 0 Å². The van der Waals surface area contributed by atoms with Gasteiger partial charge in [0.25, 0.3) is 0 Å². The van der Waals surface area contributed by atoms with E-state index in [-0.39, 0.29) is 0 Å². The SMILES string of the molecule is CC(C)(C)C1(CCC2CCOC2)COC1. The first-order valence-electron chi connectivity index (χ1n) is 6.19. The van der Waals surface area contributed by atoms with Gasteiger partial charge in [0.05, 0.1) is 13.2 Å². The third-order valence-electron chi connectivity index (χ3n) is 4.40. The summed E-state index contributed by atoms with van der Waals surface area (Å²) in [6.45, 7) is 10.9. The van der Waals surface area contributed by atoms with E-state index < -0.39 is 0 Å². The zero-order valence-electron chi connectivity index (χ0n) is 10.3. The van der Waals surface area contributed by atoms with E-state index in [0.717, 1.165) is 32.3 Å². The van der Waals surface area contributed by atoms with Gasteiger partial charge in [-0.05, 0) is 30.6 Å². The van der Waals surface area contributed by atoms with Gasteiger partial charge in [-0.1, -0.05) is 20.8 Å². The summed E-state index contributed by atoms with van der Waals surface area (Å²) in [6, 6.07) is 0. The van der Waals surface area contributed by atoms with Crippen molar-refractivity contribution in [3.63, 3.8) is 0 Å². The van der Waals surface area contributed by atoms with Crippen molar-refractivity contribution < 1.29 is 9.47 Å². The topological polar surface area (TPSA) is 18.5 Å². The van der Waals surface area contributed by atoms with Crippen LogP contribution in [0.25, 0.3) is 0 Å². The van der Waals surface area contributed by atoms with Gasteiger partial charge in [0.15, 0.2) is 0 Å². The third kappa shape index (κ3) is 2.21. The standard InChI is InChI=1S/C13H24O2/c1-12(2,3)13(9-15-10-13)6-4-11-5-7-14-8-11/h11H,4-10H2,1-3H3. The van der Waals surface area contributed by atoms with Crippen LogP contribution < -0.4 is 0 Å². The largest absolute Gasteiger partial charge is 0.381 e. The Balaban J connectivity index is 1.85. The molecule has 1 atom stereocenters. The Bertz CT molecular complexity index is 207. The molecule has 0 radical (unpaired) electrons. The second-order valence-corrected chi connectivity index (χ2v) is 6.29. The lowest BCUT2D eigenvalue weighted by Crippen LogP contribution is -2.52. The molecule has 0 aromatic carbocycles. The smallest absolute Gasteiger partial charge is 0.0549 e. The van der Waals surface area contributed by atoms with Gasteiger partial charge in [-0.2, -0.15) is 0 Å². The van der Waals surface area contributed by atoms with Gasteiger partial charge in [0.2, 0.25) is 0 Å². The predicted octanol–water partition coefficient (Wildman–Crippen LogP) is 2.87. The third-order valence-corrected chi connectivity index (χ3v) is 4.40. The summed E-state index contributed by atoms with van der Waals surface area (Å²) in [6.07, 6.45) is 3.90. The van der Waals surface area contributed by atoms with Gasteiger partial charge in [-0.25, -0.2) is 0 Å². The predicted molar refractivity (Wildman–Crippen MR) is 60.9 cm³/mol. The minimum absolute atomic E-state index is 0.380. The van der Waals surface area contributed by atoms with Crippen molar-refractivity contribution in [1.29, 1.82) is 0 Å². The first kappa shape index (κ1) is 11.4. The van der Waals surface area contributed by atoms with Gasteiger partial charge >= 0.3 is 0 Å². The van der Waals surface area contributed by atoms with E-state index in [1.165, 1.54) is 19.3 Å². The molecule has 2 heteroatoms. The number of hydrogen-bond donors (Lipinski definition) is 0. The minimum atomic E-state index is 0.380. The molecule has 0 bridgehead atoms. The first-order chi connectivity index (χ1) is 7.04. The van der Waals surface area contributed by atoms with Gasteiger partial charge < -0.3 is 9.47 Å². The summed E-state index contributed by atoms with van der Waals surface area (Å²) in [5.74, 6) is 0.810. The van der Waals surface area contributed by atoms with Crippen LogP contribution >= 0.6 is 0 Å². The van der Waals surface area contributed by atoms with Crippen LogP contribution in [0, 0.1) is 16.7 Å². The Morgan fingerprint density at radius 2 is 1.93 bits per heavy atom. The van der Waals surface area contributed by atoms with Crippen LogP contribution in [0.4, 0.5) is 0 Å². The van der Waals surface area contributed by atoms with Crippen molar-refractivity contribution in [2.24, 2.45) is 16.7 Å². The highest BCUT2D eigenvalue weighted by Crippen LogP contribution is 2.48. The van der Waals surface area contributed by atoms with Gasteiger partial charge in [0, 0.05) is 18.6 Å². The van der Waals surface area contributed by atoms with E-state index in [1.807, 2.05) is 0 Å². The van der Waals surface area contributed by atoms with Crippen molar-refractivity contribution in [2.45, 2.75) is 40.0 Å². The molecule has 2 rings (SSSR count). The molecule has 2 heterocycles. The Morgan fingerprint density at radius 3 is 2.33 bits per heavy atom. The van der Waals surface area contributed by atoms with Gasteiger partial charge in [-0.3, -0.25) is 0 Å². The molecular weight excluding hydrogens is 188 g/mol. The zero-order chi connectivity index (χ0) is 10.9. The maximum atomic E-state index is 5.45. The number of rotatable bonds is 3. The molecular formula is C13H24O2. The Hall–Kier alpha value is -0.0800. The first-order valence-corrected chi connectivity index (χ1v) is 6.19. The van der Waals surface area contributed by atoms with E-state index in [9.17, 15) is 0 Å². The molecule has 0 aromatic rings. The molecule has 0 aromatic heterocycles. The molecule has 0 aliphatic carbocycles. The van der Waals surface area contributed by atoms with Gasteiger partial charge in [0.1, 0.15) is 0 Å². The van der Waals surface area contributed by atoms with Crippen LogP contribution in [0.1, 0.15) is 40.0 Å². The highest BCUT2D eigenvalue weighted by atomic mass is 16.5. The van der Waals surface area contributed by atoms with Crippen LogP contribution in [-0.2, 0) is 9.47 Å². The summed E-state index contributed by atoms with van der Waals surface area (Å²) in [7, 11) is 0. The van der Waals surface area contributed by atoms with E-state index in [4.69, 9.17) is 9.47 Å². The highest BCUT2D eigenvalue weighted by Gasteiger charge is 2.47. The Morgan fingerprint density at radius 1 is 1.20 bits per heavy atom. The van der Waals surface area contributed by atoms with Crippen molar-refractivity contribution in [3.8, 4) is 0 Å². The van der Waals surface area contributed by atoms with Crippen LogP contribution in [0.5, 0.6) is 0 Å². The molecule has 0 amide bonds. The molecule has 2 saturated heterocycles. The maximum Gasteiger partial charge on any atom is 0.0549 e. The number of hydrogen-bond acceptors (Lipinski definition) is 2. The highest BCUT2D eigenvalue weighted by molar-refractivity contribution is 4.95. The summed E-state index contributed by atoms with van der Waals surface area (Å²) in [5.41, 5.74) is 0.820. The molecule has 2 aliphatic heterocycles. The van der Waals surface area contributed by atoms with E-state index in [1.54, 1.807) is 0 Å². The molecule has 2 nitrogen and oxygen atoms in total. The maximum absolute atomic E-state index is 5.45. The van der Waals surface area contributed by atoms with Gasteiger partial charge in [-0.15, -0.1) is 0 Å². The van der Waals surface area contributed by atoms with E-state index in [0.29, 0.717) is 10.8 Å². The summed E-state index contributed by atoms with van der Waals surface area (Å²) in [5, 5.41) is 0. The molecule has 0 spiro atoms. The molecule has 15 heavy (non-hydrogen) atoms. The van der Waals surface area contributed by atoms with E-state index in [2.05, 4.69) is 20.8 Å². The summed E-state index contributed by atoms with van der Waals surface area (Å²) < 4.78 is 10.9. The van der Waals surface area contributed by atoms with Crippen LogP contribution in [0.3, 0.4) is 0 Å². The summed E-state index contributed by atoms with van der Waals surface area (Å²) in [4.78, 5) is 0. The molecule has 1 unspecified atom stereocenters. The van der Waals surface area contributed by atoms with Crippen LogP contribution in [0.15, 0.2) is 0 Å². The quantitative estimate of drug-likeness (QED) is 0.716. The second-order valence-electron chi connectivity index (χ2n) is 6.29. The number of ether oxygens (including phenoxy) is 2. The minimum Gasteiger partial charge on any atom is -0.381 e. The molecule has 2 fully saturated rings. The van der Waals surface area contributed by atoms with Crippen molar-refractivity contribution in [1.82, 2.24) is 0 Å². The fourth-order valence-electron chi connectivity index (χ4n) is 2.59. The Kier molecular flexibility index (Phi) is 3.09. The molecule has 0 saturated carbocycles. The van der Waals surface area contributed by atoms with Crippen molar-refractivity contribution in [2.75, 3.05) is 26.4 Å². The lowest BCUT2D eigenvalue weighted by Gasteiger charge is -2.51. The average molecular weight is 212 g/mol. The molecule has 88 valence electrons. The molecule has 0 N–H and O–H groups in total. The fraction of sp³-hybridized carbons (Fsp3) is 1.00. The second kappa shape index (κ2) is 4.06. The normalized spacial score (nSPS) is 30.2. The monoisotopic (exact) mass is 212 g/mol. The zero-order valence-corrected chi connectivity index (χ0v) is 10.3. The Labute approximate surface area is 93.3 Å². The fourth-order valence-corrected chi connectivity index (χ4v) is 2.59. The van der Waals surface area contributed by atoms with Crippen LogP contribution in [-0.4, -0.2) is 26.4 Å². The van der Waals surface area contributed by atoms with E-state index >= 15 is 0 Å². The lowest BCUT2D eigenvalue weighted by molar-refractivity contribution is -0.176. The van der Waals surface area contributed by atoms with Crippen molar-refractivity contribution >= 4 is 0 Å². The summed E-state index contributed by atoms with van der Waals surface area (Å²) >= 11 is 0. The van der Waals surface area contributed by atoms with Crippen LogP contribution in [0.2, 0.25) is 0 Å². The molecule has 2 aliphatic rings. The lowest BCUT2D eigenvalue weighted by atomic mass is 9.62.